The van der Waals surface area contributed by atoms with Gasteiger partial charge in [0.1, 0.15) is 5.65 Å². The van der Waals surface area contributed by atoms with Crippen LogP contribution in [-0.2, 0) is 13.6 Å². The van der Waals surface area contributed by atoms with Crippen molar-refractivity contribution < 1.29 is 4.79 Å². The quantitative estimate of drug-likeness (QED) is 0.537. The summed E-state index contributed by atoms with van der Waals surface area (Å²) < 4.78 is 2.23. The molecule has 0 aliphatic carbocycles. The predicted octanol–water partition coefficient (Wildman–Crippen LogP) is 4.26. The van der Waals surface area contributed by atoms with Crippen molar-refractivity contribution in [2.45, 2.75) is 26.1 Å². The Morgan fingerprint density at radius 2 is 1.97 bits per heavy atom. The van der Waals surface area contributed by atoms with Gasteiger partial charge < -0.3 is 14.4 Å². The predicted molar refractivity (Wildman–Crippen MR) is 156 cm³/mol. The lowest BCUT2D eigenvalue weighted by molar-refractivity contribution is 0.0827. The standard InChI is InChI=1S/C31H38N6O/c1-21-17-23(31(38)34(3)4)7-9-26(21)22-12-15-37(16-13-22)20-25-18-28-27(11-14-33-30(28)36(25)6)24-8-10-29(32-2)35(5)19-24/h7-12,14,17-19,29,32H,13,15-16,20H2,1-6H3. The third-order valence-electron chi connectivity index (χ3n) is 7.78. The number of amides is 1. The second-order valence-corrected chi connectivity index (χ2v) is 10.6. The van der Waals surface area contributed by atoms with Crippen LogP contribution in [0.2, 0.25) is 0 Å². The molecule has 38 heavy (non-hydrogen) atoms. The first-order valence-corrected chi connectivity index (χ1v) is 13.2. The Kier molecular flexibility index (Phi) is 7.23. The molecule has 0 saturated carbocycles. The molecule has 0 spiro atoms. The van der Waals surface area contributed by atoms with Gasteiger partial charge in [-0.05, 0) is 78.6 Å². The van der Waals surface area contributed by atoms with E-state index in [1.807, 2.05) is 25.4 Å². The largest absolute Gasteiger partial charge is 0.361 e. The van der Waals surface area contributed by atoms with Crippen LogP contribution in [0.5, 0.6) is 0 Å². The number of rotatable bonds is 6. The molecule has 1 aromatic carbocycles. The molecule has 7 nitrogen and oxygen atoms in total. The van der Waals surface area contributed by atoms with Gasteiger partial charge in [0.15, 0.2) is 0 Å². The number of hydrogen-bond donors (Lipinski definition) is 1. The Labute approximate surface area is 225 Å². The molecule has 2 aliphatic rings. The Morgan fingerprint density at radius 1 is 1.16 bits per heavy atom. The van der Waals surface area contributed by atoms with Crippen LogP contribution in [0, 0.1) is 6.92 Å². The van der Waals surface area contributed by atoms with Crippen LogP contribution in [0.3, 0.4) is 0 Å². The van der Waals surface area contributed by atoms with E-state index in [-0.39, 0.29) is 12.1 Å². The van der Waals surface area contributed by atoms with Gasteiger partial charge in [0.2, 0.25) is 0 Å². The number of fused-ring (bicyclic) bond motifs is 1. The van der Waals surface area contributed by atoms with Gasteiger partial charge in [-0.25, -0.2) is 4.98 Å². The number of benzene rings is 1. The molecule has 5 rings (SSSR count). The van der Waals surface area contributed by atoms with E-state index in [4.69, 9.17) is 4.98 Å². The fourth-order valence-corrected chi connectivity index (χ4v) is 5.55. The normalized spacial score (nSPS) is 18.1. The van der Waals surface area contributed by atoms with Crippen molar-refractivity contribution in [2.75, 3.05) is 41.3 Å². The summed E-state index contributed by atoms with van der Waals surface area (Å²) >= 11 is 0. The number of aromatic nitrogens is 2. The van der Waals surface area contributed by atoms with E-state index in [0.717, 1.165) is 42.8 Å². The van der Waals surface area contributed by atoms with E-state index in [9.17, 15) is 4.79 Å². The number of carbonyl (C=O) groups is 1. The molecular weight excluding hydrogens is 472 g/mol. The van der Waals surface area contributed by atoms with Crippen LogP contribution in [-0.4, -0.2) is 77.6 Å². The second-order valence-electron chi connectivity index (χ2n) is 10.6. The number of allylic oxidation sites excluding steroid dienone is 2. The van der Waals surface area contributed by atoms with Gasteiger partial charge in [0.05, 0.1) is 6.17 Å². The van der Waals surface area contributed by atoms with Crippen molar-refractivity contribution >= 4 is 28.1 Å². The molecule has 3 aromatic rings. The van der Waals surface area contributed by atoms with Gasteiger partial charge in [-0.2, -0.15) is 0 Å². The zero-order valence-corrected chi connectivity index (χ0v) is 23.3. The fraction of sp³-hybridized carbons (Fsp3) is 0.355. The first-order chi connectivity index (χ1) is 18.3. The number of likely N-dealkylation sites (N-methyl/N-ethyl adjacent to an activating group) is 2. The Morgan fingerprint density at radius 3 is 2.63 bits per heavy atom. The van der Waals surface area contributed by atoms with E-state index in [0.29, 0.717) is 0 Å². The molecule has 198 valence electrons. The van der Waals surface area contributed by atoms with Gasteiger partial charge >= 0.3 is 0 Å². The van der Waals surface area contributed by atoms with Crippen molar-refractivity contribution in [3.63, 3.8) is 0 Å². The van der Waals surface area contributed by atoms with E-state index in [2.05, 4.69) is 83.3 Å². The maximum Gasteiger partial charge on any atom is 0.253 e. The number of nitrogens with one attached hydrogen (secondary N) is 1. The van der Waals surface area contributed by atoms with Gasteiger partial charge in [-0.1, -0.05) is 18.2 Å². The van der Waals surface area contributed by atoms with Crippen LogP contribution in [0.15, 0.2) is 61.0 Å². The molecule has 0 fully saturated rings. The molecule has 0 saturated heterocycles. The van der Waals surface area contributed by atoms with Gasteiger partial charge in [-0.3, -0.25) is 15.0 Å². The number of pyridine rings is 1. The molecule has 7 heteroatoms. The molecule has 1 atom stereocenters. The highest BCUT2D eigenvalue weighted by molar-refractivity contribution is 5.95. The lowest BCUT2D eigenvalue weighted by Crippen LogP contribution is -2.38. The maximum absolute atomic E-state index is 12.3. The molecule has 0 bridgehead atoms. The smallest absolute Gasteiger partial charge is 0.253 e. The minimum absolute atomic E-state index is 0.0426. The molecule has 2 aliphatic heterocycles. The summed E-state index contributed by atoms with van der Waals surface area (Å²) in [6.07, 6.45) is 12.0. The minimum atomic E-state index is 0.0426. The lowest BCUT2D eigenvalue weighted by atomic mass is 9.94. The van der Waals surface area contributed by atoms with Gasteiger partial charge in [0, 0.05) is 76.9 Å². The number of aryl methyl sites for hydroxylation is 2. The lowest BCUT2D eigenvalue weighted by Gasteiger charge is -2.28. The van der Waals surface area contributed by atoms with Crippen molar-refractivity contribution in [3.05, 3.63) is 88.9 Å². The molecular formula is C31H38N6O. The summed E-state index contributed by atoms with van der Waals surface area (Å²) in [5, 5.41) is 4.49. The van der Waals surface area contributed by atoms with Gasteiger partial charge in [-0.15, -0.1) is 0 Å². The topological polar surface area (TPSA) is 56.6 Å². The minimum Gasteiger partial charge on any atom is -0.361 e. The zero-order chi connectivity index (χ0) is 27.0. The average Bonchev–Trinajstić information content (AvgIpc) is 3.23. The number of hydrogen-bond acceptors (Lipinski definition) is 5. The third kappa shape index (κ3) is 4.91. The van der Waals surface area contributed by atoms with Crippen molar-refractivity contribution in [1.82, 2.24) is 29.6 Å². The van der Waals surface area contributed by atoms with E-state index in [1.54, 1.807) is 19.0 Å². The van der Waals surface area contributed by atoms with Crippen molar-refractivity contribution in [2.24, 2.45) is 7.05 Å². The Hall–Kier alpha value is -3.68. The molecule has 4 heterocycles. The zero-order valence-electron chi connectivity index (χ0n) is 23.3. The molecule has 0 radical (unpaired) electrons. The van der Waals surface area contributed by atoms with Crippen LogP contribution < -0.4 is 5.32 Å². The van der Waals surface area contributed by atoms with E-state index < -0.39 is 0 Å². The second kappa shape index (κ2) is 10.6. The summed E-state index contributed by atoms with van der Waals surface area (Å²) in [5.74, 6) is 0.0426. The van der Waals surface area contributed by atoms with Crippen LogP contribution in [0.4, 0.5) is 0 Å². The summed E-state index contributed by atoms with van der Waals surface area (Å²) in [4.78, 5) is 23.4. The maximum atomic E-state index is 12.3. The summed E-state index contributed by atoms with van der Waals surface area (Å²) in [7, 11) is 9.77. The summed E-state index contributed by atoms with van der Waals surface area (Å²) in [6.45, 7) is 4.87. The van der Waals surface area contributed by atoms with Crippen LogP contribution in [0.1, 0.15) is 39.2 Å². The van der Waals surface area contributed by atoms with Crippen LogP contribution >= 0.6 is 0 Å². The first-order valence-electron chi connectivity index (χ1n) is 13.2. The third-order valence-corrected chi connectivity index (χ3v) is 7.78. The molecule has 2 aromatic heterocycles. The summed E-state index contributed by atoms with van der Waals surface area (Å²) in [6, 6.07) is 10.5. The molecule has 1 unspecified atom stereocenters. The fourth-order valence-electron chi connectivity index (χ4n) is 5.55. The highest BCUT2D eigenvalue weighted by Crippen LogP contribution is 2.31. The summed E-state index contributed by atoms with van der Waals surface area (Å²) in [5.41, 5.74) is 9.20. The average molecular weight is 511 g/mol. The molecule has 1 amide bonds. The monoisotopic (exact) mass is 510 g/mol. The SMILES string of the molecule is CNC1C=CC(c2ccnc3c2cc(CN2CC=C(c4ccc(C(=O)N(C)C)cc4C)CC2)n3C)=CN1C. The first kappa shape index (κ1) is 25.9. The Bertz CT molecular complexity index is 1460. The van der Waals surface area contributed by atoms with E-state index >= 15 is 0 Å². The van der Waals surface area contributed by atoms with Gasteiger partial charge in [0.25, 0.3) is 5.91 Å². The molecule has 1 N–H and O–H groups in total. The highest BCUT2D eigenvalue weighted by Gasteiger charge is 2.20. The Balaban J connectivity index is 1.33. The van der Waals surface area contributed by atoms with Crippen molar-refractivity contribution in [3.8, 4) is 0 Å². The number of carbonyl (C=O) groups excluding carboxylic acids is 1. The van der Waals surface area contributed by atoms with Crippen molar-refractivity contribution in [1.29, 1.82) is 0 Å². The highest BCUT2D eigenvalue weighted by atomic mass is 16.2. The number of nitrogens with zero attached hydrogens (tertiary/aromatic N) is 5. The van der Waals surface area contributed by atoms with E-state index in [1.165, 1.54) is 33.4 Å². The van der Waals surface area contributed by atoms with Crippen LogP contribution in [0.25, 0.3) is 22.2 Å².